The summed E-state index contributed by atoms with van der Waals surface area (Å²) in [6, 6.07) is -0.713. The fourth-order valence-corrected chi connectivity index (χ4v) is 1.58. The highest BCUT2D eigenvalue weighted by atomic mass is 16.6. The Morgan fingerprint density at radius 2 is 2.15 bits per heavy atom. The maximum absolute atomic E-state index is 11.7. The number of ether oxygens (including phenoxy) is 1. The number of nitrogens with zero attached hydrogens (tertiary/aromatic N) is 2. The molecule has 0 fully saturated rings. The van der Waals surface area contributed by atoms with E-state index in [4.69, 9.17) is 9.84 Å². The number of aryl methyl sites for hydroxylation is 1. The molecule has 0 aliphatic rings. The molecule has 0 aliphatic carbocycles. The first-order valence-electron chi connectivity index (χ1n) is 6.44. The lowest BCUT2D eigenvalue weighted by Gasteiger charge is -2.22. The van der Waals surface area contributed by atoms with Gasteiger partial charge in [-0.15, -0.1) is 0 Å². The van der Waals surface area contributed by atoms with Crippen LogP contribution in [0, 0.1) is 0 Å². The lowest BCUT2D eigenvalue weighted by Crippen LogP contribution is -2.36. The SMILES string of the molecule is CCn1cnc(C(CC(=O)O)NC(=O)OC(C)(C)C)c1. The van der Waals surface area contributed by atoms with Crippen molar-refractivity contribution in [1.29, 1.82) is 0 Å². The van der Waals surface area contributed by atoms with Gasteiger partial charge < -0.3 is 19.7 Å². The minimum absolute atomic E-state index is 0.250. The smallest absolute Gasteiger partial charge is 0.408 e. The number of aliphatic carboxylic acids is 1. The second-order valence-electron chi connectivity index (χ2n) is 5.43. The van der Waals surface area contributed by atoms with Gasteiger partial charge in [-0.1, -0.05) is 0 Å². The molecular formula is C13H21N3O4. The van der Waals surface area contributed by atoms with Crippen LogP contribution >= 0.6 is 0 Å². The maximum atomic E-state index is 11.7. The van der Waals surface area contributed by atoms with Crippen LogP contribution < -0.4 is 5.32 Å². The van der Waals surface area contributed by atoms with Crippen molar-refractivity contribution in [2.75, 3.05) is 0 Å². The molecule has 0 bridgehead atoms. The minimum Gasteiger partial charge on any atom is -0.481 e. The first-order valence-corrected chi connectivity index (χ1v) is 6.44. The molecule has 112 valence electrons. The molecule has 1 heterocycles. The van der Waals surface area contributed by atoms with Crippen LogP contribution in [0.4, 0.5) is 4.79 Å². The molecule has 7 nitrogen and oxygen atoms in total. The highest BCUT2D eigenvalue weighted by Crippen LogP contribution is 2.16. The van der Waals surface area contributed by atoms with Gasteiger partial charge in [0.25, 0.3) is 0 Å². The van der Waals surface area contributed by atoms with Crippen LogP contribution in [0.5, 0.6) is 0 Å². The van der Waals surface area contributed by atoms with Gasteiger partial charge in [0.05, 0.1) is 24.5 Å². The molecule has 1 atom stereocenters. The Hall–Kier alpha value is -2.05. The zero-order valence-electron chi connectivity index (χ0n) is 12.2. The molecule has 1 aromatic rings. The van der Waals surface area contributed by atoms with Gasteiger partial charge in [0.1, 0.15) is 5.60 Å². The minimum atomic E-state index is -1.02. The van der Waals surface area contributed by atoms with Crippen molar-refractivity contribution in [3.63, 3.8) is 0 Å². The summed E-state index contributed by atoms with van der Waals surface area (Å²) in [6.07, 6.45) is 2.40. The first-order chi connectivity index (χ1) is 9.21. The van der Waals surface area contributed by atoms with Gasteiger partial charge in [-0.3, -0.25) is 4.79 Å². The average molecular weight is 283 g/mol. The van der Waals surface area contributed by atoms with Crippen molar-refractivity contribution in [3.8, 4) is 0 Å². The Bertz CT molecular complexity index is 476. The summed E-state index contributed by atoms with van der Waals surface area (Å²) in [4.78, 5) is 26.8. The number of hydrogen-bond acceptors (Lipinski definition) is 4. The topological polar surface area (TPSA) is 93.5 Å². The summed E-state index contributed by atoms with van der Waals surface area (Å²) in [6.45, 7) is 7.89. The van der Waals surface area contributed by atoms with E-state index < -0.39 is 23.7 Å². The highest BCUT2D eigenvalue weighted by molar-refractivity contribution is 5.71. The predicted octanol–water partition coefficient (Wildman–Crippen LogP) is 1.94. The Balaban J connectivity index is 2.79. The van der Waals surface area contributed by atoms with E-state index in [1.54, 1.807) is 37.9 Å². The number of carbonyl (C=O) groups is 2. The maximum Gasteiger partial charge on any atom is 0.408 e. The van der Waals surface area contributed by atoms with Gasteiger partial charge in [-0.05, 0) is 27.7 Å². The number of aromatic nitrogens is 2. The second kappa shape index (κ2) is 6.40. The zero-order chi connectivity index (χ0) is 15.3. The number of rotatable bonds is 5. The molecule has 1 aromatic heterocycles. The Kier molecular flexibility index (Phi) is 5.12. The molecule has 0 saturated heterocycles. The summed E-state index contributed by atoms with van der Waals surface area (Å²) in [7, 11) is 0. The van der Waals surface area contributed by atoms with E-state index in [1.807, 2.05) is 6.92 Å². The van der Waals surface area contributed by atoms with E-state index in [-0.39, 0.29) is 6.42 Å². The van der Waals surface area contributed by atoms with Crippen LogP contribution in [0.2, 0.25) is 0 Å². The molecular weight excluding hydrogens is 262 g/mol. The van der Waals surface area contributed by atoms with Crippen molar-refractivity contribution in [1.82, 2.24) is 14.9 Å². The van der Waals surface area contributed by atoms with Crippen molar-refractivity contribution < 1.29 is 19.4 Å². The van der Waals surface area contributed by atoms with Gasteiger partial charge in [-0.25, -0.2) is 9.78 Å². The van der Waals surface area contributed by atoms with Crippen molar-refractivity contribution in [2.45, 2.75) is 52.3 Å². The number of hydrogen-bond donors (Lipinski definition) is 2. The molecule has 0 spiro atoms. The van der Waals surface area contributed by atoms with Gasteiger partial charge in [0.2, 0.25) is 0 Å². The van der Waals surface area contributed by atoms with E-state index in [1.165, 1.54) is 0 Å². The van der Waals surface area contributed by atoms with E-state index in [2.05, 4.69) is 10.3 Å². The highest BCUT2D eigenvalue weighted by Gasteiger charge is 2.23. The average Bonchev–Trinajstić information content (AvgIpc) is 2.73. The van der Waals surface area contributed by atoms with Crippen molar-refractivity contribution in [3.05, 3.63) is 18.2 Å². The second-order valence-corrected chi connectivity index (χ2v) is 5.43. The number of carboxylic acids is 1. The number of carbonyl (C=O) groups excluding carboxylic acids is 1. The molecule has 1 amide bonds. The number of alkyl carbamates (subject to hydrolysis) is 1. The lowest BCUT2D eigenvalue weighted by atomic mass is 10.1. The van der Waals surface area contributed by atoms with Gasteiger partial charge in [0.15, 0.2) is 0 Å². The molecule has 0 aromatic carbocycles. The third kappa shape index (κ3) is 5.29. The first kappa shape index (κ1) is 16.0. The van der Waals surface area contributed by atoms with E-state index in [9.17, 15) is 9.59 Å². The van der Waals surface area contributed by atoms with Gasteiger partial charge >= 0.3 is 12.1 Å². The van der Waals surface area contributed by atoms with Crippen LogP contribution in [-0.2, 0) is 16.1 Å². The molecule has 0 saturated carbocycles. The van der Waals surface area contributed by atoms with Crippen LogP contribution in [0.25, 0.3) is 0 Å². The molecule has 7 heteroatoms. The fourth-order valence-electron chi connectivity index (χ4n) is 1.58. The molecule has 1 unspecified atom stereocenters. The summed E-state index contributed by atoms with van der Waals surface area (Å²) < 4.78 is 6.93. The van der Waals surface area contributed by atoms with Crippen molar-refractivity contribution in [2.24, 2.45) is 0 Å². The summed E-state index contributed by atoms with van der Waals surface area (Å²) in [5, 5.41) is 11.5. The fraction of sp³-hybridized carbons (Fsp3) is 0.615. The largest absolute Gasteiger partial charge is 0.481 e. The molecule has 0 radical (unpaired) electrons. The number of carboxylic acid groups (broad SMARTS) is 1. The quantitative estimate of drug-likeness (QED) is 0.861. The summed E-state index contributed by atoms with van der Waals surface area (Å²) >= 11 is 0. The van der Waals surface area contributed by atoms with Gasteiger partial charge in [-0.2, -0.15) is 0 Å². The summed E-state index contributed by atoms with van der Waals surface area (Å²) in [5.41, 5.74) is -0.138. The normalized spacial score (nSPS) is 12.8. The van der Waals surface area contributed by atoms with Crippen molar-refractivity contribution >= 4 is 12.1 Å². The Morgan fingerprint density at radius 3 is 2.60 bits per heavy atom. The third-order valence-corrected chi connectivity index (χ3v) is 2.45. The monoisotopic (exact) mass is 283 g/mol. The summed E-state index contributed by atoms with van der Waals surface area (Å²) in [5.74, 6) is -1.02. The van der Waals surface area contributed by atoms with E-state index >= 15 is 0 Å². The van der Waals surface area contributed by atoms with E-state index in [0.29, 0.717) is 5.69 Å². The van der Waals surface area contributed by atoms with E-state index in [0.717, 1.165) is 6.54 Å². The number of imidazole rings is 1. The zero-order valence-corrected chi connectivity index (χ0v) is 12.2. The lowest BCUT2D eigenvalue weighted by molar-refractivity contribution is -0.137. The standard InChI is InChI=1S/C13H21N3O4/c1-5-16-7-10(14-8-16)9(6-11(17)18)15-12(19)20-13(2,3)4/h7-9H,5-6H2,1-4H3,(H,15,19)(H,17,18). The Morgan fingerprint density at radius 1 is 1.50 bits per heavy atom. The molecule has 1 rings (SSSR count). The predicted molar refractivity (Wildman–Crippen MR) is 72.3 cm³/mol. The van der Waals surface area contributed by atoms with Crippen LogP contribution in [0.15, 0.2) is 12.5 Å². The Labute approximate surface area is 118 Å². The molecule has 20 heavy (non-hydrogen) atoms. The van der Waals surface area contributed by atoms with Crippen LogP contribution in [0.3, 0.4) is 0 Å². The van der Waals surface area contributed by atoms with Gasteiger partial charge in [0, 0.05) is 12.7 Å². The number of amides is 1. The number of nitrogens with one attached hydrogen (secondary N) is 1. The van der Waals surface area contributed by atoms with Crippen LogP contribution in [0.1, 0.15) is 45.9 Å². The third-order valence-electron chi connectivity index (χ3n) is 2.45. The van der Waals surface area contributed by atoms with Crippen LogP contribution in [-0.4, -0.2) is 32.3 Å². The molecule has 2 N–H and O–H groups in total. The molecule has 0 aliphatic heterocycles.